The normalized spacial score (nSPS) is 13.4. The van der Waals surface area contributed by atoms with Crippen LogP contribution >= 0.6 is 11.3 Å². The molecule has 6 nitrogen and oxygen atoms in total. The predicted molar refractivity (Wildman–Crippen MR) is 61.2 cm³/mol. The van der Waals surface area contributed by atoms with E-state index in [1.165, 1.54) is 11.3 Å². The van der Waals surface area contributed by atoms with Crippen molar-refractivity contribution in [2.45, 2.75) is 26.0 Å². The Morgan fingerprint density at radius 1 is 1.50 bits per heavy atom. The highest BCUT2D eigenvalue weighted by atomic mass is 32.2. The zero-order valence-corrected chi connectivity index (χ0v) is 10.6. The molecule has 1 atom stereocenters. The SMILES string of the molecule is Cc1nc(NS(=O)(=O)C(C)C(=O)O)sc1C. The van der Waals surface area contributed by atoms with E-state index in [0.717, 1.165) is 17.5 Å². The molecule has 0 aliphatic rings. The summed E-state index contributed by atoms with van der Waals surface area (Å²) in [6.45, 7) is 4.67. The summed E-state index contributed by atoms with van der Waals surface area (Å²) in [5, 5.41) is 7.31. The van der Waals surface area contributed by atoms with Crippen LogP contribution in [0.2, 0.25) is 0 Å². The third-order valence-electron chi connectivity index (χ3n) is 2.07. The van der Waals surface area contributed by atoms with Gasteiger partial charge in [0.1, 0.15) is 0 Å². The van der Waals surface area contributed by atoms with Crippen molar-refractivity contribution in [1.82, 2.24) is 4.98 Å². The zero-order chi connectivity index (χ0) is 12.5. The second kappa shape index (κ2) is 4.38. The Morgan fingerprint density at radius 2 is 2.06 bits per heavy atom. The lowest BCUT2D eigenvalue weighted by atomic mass is 10.4. The number of hydrogen-bond acceptors (Lipinski definition) is 5. The summed E-state index contributed by atoms with van der Waals surface area (Å²) in [5.41, 5.74) is 0.727. The number of carbonyl (C=O) groups is 1. The maximum atomic E-state index is 11.5. The Morgan fingerprint density at radius 3 is 2.44 bits per heavy atom. The van der Waals surface area contributed by atoms with Crippen LogP contribution in [0.1, 0.15) is 17.5 Å². The summed E-state index contributed by atoms with van der Waals surface area (Å²) in [6.07, 6.45) is 0. The summed E-state index contributed by atoms with van der Waals surface area (Å²) < 4.78 is 25.2. The number of carboxylic acids is 1. The number of nitrogens with zero attached hydrogens (tertiary/aromatic N) is 1. The molecular formula is C8H12N2O4S2. The first-order chi connectivity index (χ1) is 7.24. The molecular weight excluding hydrogens is 252 g/mol. The van der Waals surface area contributed by atoms with E-state index in [1.54, 1.807) is 6.92 Å². The van der Waals surface area contributed by atoms with Gasteiger partial charge >= 0.3 is 5.97 Å². The van der Waals surface area contributed by atoms with Crippen molar-refractivity contribution in [2.24, 2.45) is 0 Å². The van der Waals surface area contributed by atoms with E-state index < -0.39 is 21.2 Å². The summed E-state index contributed by atoms with van der Waals surface area (Å²) in [5.74, 6) is -1.39. The van der Waals surface area contributed by atoms with Gasteiger partial charge in [0.15, 0.2) is 10.4 Å². The topological polar surface area (TPSA) is 96.4 Å². The molecule has 0 aromatic carbocycles. The predicted octanol–water partition coefficient (Wildman–Crippen LogP) is 0.975. The third-order valence-corrected chi connectivity index (χ3v) is 4.80. The molecule has 1 rings (SSSR count). The van der Waals surface area contributed by atoms with Crippen molar-refractivity contribution in [3.05, 3.63) is 10.6 Å². The zero-order valence-electron chi connectivity index (χ0n) is 9.01. The van der Waals surface area contributed by atoms with Crippen molar-refractivity contribution in [1.29, 1.82) is 0 Å². The van der Waals surface area contributed by atoms with Crippen LogP contribution in [0.5, 0.6) is 0 Å². The Bertz CT molecular complexity index is 487. The van der Waals surface area contributed by atoms with Gasteiger partial charge in [-0.2, -0.15) is 0 Å². The first-order valence-electron chi connectivity index (χ1n) is 4.42. The largest absolute Gasteiger partial charge is 0.480 e. The minimum atomic E-state index is -3.92. The van der Waals surface area contributed by atoms with Crippen LogP contribution in [0, 0.1) is 13.8 Å². The average molecular weight is 264 g/mol. The Kier molecular flexibility index (Phi) is 3.54. The van der Waals surface area contributed by atoms with Crippen molar-refractivity contribution in [3.8, 4) is 0 Å². The molecule has 0 aliphatic carbocycles. The lowest BCUT2D eigenvalue weighted by molar-refractivity contribution is -0.136. The first-order valence-corrected chi connectivity index (χ1v) is 6.79. The summed E-state index contributed by atoms with van der Waals surface area (Å²) in [6, 6.07) is 0. The molecule has 2 N–H and O–H groups in total. The standard InChI is InChI=1S/C8H12N2O4S2/c1-4-5(2)15-8(9-4)10-16(13,14)6(3)7(11)12/h6H,1-3H3,(H,9,10)(H,11,12). The van der Waals surface area contributed by atoms with E-state index >= 15 is 0 Å². The quantitative estimate of drug-likeness (QED) is 0.844. The number of hydrogen-bond donors (Lipinski definition) is 2. The molecule has 0 aliphatic heterocycles. The highest BCUT2D eigenvalue weighted by Gasteiger charge is 2.28. The maximum absolute atomic E-state index is 11.5. The van der Waals surface area contributed by atoms with Crippen LogP contribution in [0.4, 0.5) is 5.13 Å². The number of aliphatic carboxylic acids is 1. The molecule has 16 heavy (non-hydrogen) atoms. The Balaban J connectivity index is 2.93. The molecule has 0 saturated heterocycles. The second-order valence-electron chi connectivity index (χ2n) is 3.29. The van der Waals surface area contributed by atoms with Crippen molar-refractivity contribution < 1.29 is 18.3 Å². The van der Waals surface area contributed by atoms with Crippen LogP contribution in [-0.2, 0) is 14.8 Å². The molecule has 0 fully saturated rings. The van der Waals surface area contributed by atoms with E-state index in [2.05, 4.69) is 9.71 Å². The van der Waals surface area contributed by atoms with Gasteiger partial charge in [0.2, 0.25) is 10.0 Å². The molecule has 1 aromatic heterocycles. The summed E-state index contributed by atoms with van der Waals surface area (Å²) in [7, 11) is -3.92. The maximum Gasteiger partial charge on any atom is 0.323 e. The van der Waals surface area contributed by atoms with Gasteiger partial charge in [-0.25, -0.2) is 13.4 Å². The molecule has 8 heteroatoms. The van der Waals surface area contributed by atoms with Gasteiger partial charge in [0.25, 0.3) is 0 Å². The van der Waals surface area contributed by atoms with E-state index in [0.29, 0.717) is 0 Å². The molecule has 1 aromatic rings. The lowest BCUT2D eigenvalue weighted by Gasteiger charge is -2.08. The Hall–Kier alpha value is -1.15. The molecule has 0 bridgehead atoms. The minimum Gasteiger partial charge on any atom is -0.480 e. The number of anilines is 1. The summed E-state index contributed by atoms with van der Waals surface area (Å²) in [4.78, 5) is 15.4. The monoisotopic (exact) mass is 264 g/mol. The van der Waals surface area contributed by atoms with Gasteiger partial charge in [-0.15, -0.1) is 11.3 Å². The fourth-order valence-electron chi connectivity index (χ4n) is 0.859. The van der Waals surface area contributed by atoms with Gasteiger partial charge in [-0.3, -0.25) is 9.52 Å². The molecule has 0 saturated carbocycles. The van der Waals surface area contributed by atoms with E-state index in [9.17, 15) is 13.2 Å². The fraction of sp³-hybridized carbons (Fsp3) is 0.500. The van der Waals surface area contributed by atoms with Crippen LogP contribution in [0.15, 0.2) is 0 Å². The number of thiazole rings is 1. The van der Waals surface area contributed by atoms with Gasteiger partial charge in [0.05, 0.1) is 5.69 Å². The minimum absolute atomic E-state index is 0.197. The first kappa shape index (κ1) is 12.9. The van der Waals surface area contributed by atoms with Crippen molar-refractivity contribution in [3.63, 3.8) is 0 Å². The van der Waals surface area contributed by atoms with Gasteiger partial charge in [0, 0.05) is 4.88 Å². The molecule has 0 amide bonds. The van der Waals surface area contributed by atoms with E-state index in [-0.39, 0.29) is 5.13 Å². The van der Waals surface area contributed by atoms with Crippen molar-refractivity contribution >= 4 is 32.5 Å². The number of sulfonamides is 1. The Labute approximate surface area is 97.4 Å². The van der Waals surface area contributed by atoms with Crippen molar-refractivity contribution in [2.75, 3.05) is 4.72 Å². The molecule has 90 valence electrons. The number of nitrogens with one attached hydrogen (secondary N) is 1. The van der Waals surface area contributed by atoms with Crippen LogP contribution in [0.3, 0.4) is 0 Å². The second-order valence-corrected chi connectivity index (χ2v) is 6.49. The highest BCUT2D eigenvalue weighted by molar-refractivity contribution is 7.94. The highest BCUT2D eigenvalue weighted by Crippen LogP contribution is 2.22. The van der Waals surface area contributed by atoms with E-state index in [1.807, 2.05) is 6.92 Å². The smallest absolute Gasteiger partial charge is 0.323 e. The lowest BCUT2D eigenvalue weighted by Crippen LogP contribution is -2.32. The fourth-order valence-corrected chi connectivity index (χ4v) is 2.77. The number of aromatic nitrogens is 1. The molecule has 0 radical (unpaired) electrons. The third kappa shape index (κ3) is 2.70. The number of rotatable bonds is 4. The molecule has 1 heterocycles. The number of carboxylic acid groups (broad SMARTS) is 1. The average Bonchev–Trinajstić information content (AvgIpc) is 2.43. The molecule has 0 spiro atoms. The number of aryl methyl sites for hydroxylation is 2. The van der Waals surface area contributed by atoms with Crippen LogP contribution in [-0.4, -0.2) is 29.7 Å². The summed E-state index contributed by atoms with van der Waals surface area (Å²) >= 11 is 1.18. The van der Waals surface area contributed by atoms with Gasteiger partial charge in [-0.1, -0.05) is 0 Å². The van der Waals surface area contributed by atoms with Gasteiger partial charge in [-0.05, 0) is 20.8 Å². The van der Waals surface area contributed by atoms with E-state index in [4.69, 9.17) is 5.11 Å². The van der Waals surface area contributed by atoms with Gasteiger partial charge < -0.3 is 5.11 Å². The molecule has 1 unspecified atom stereocenters. The van der Waals surface area contributed by atoms with Crippen LogP contribution < -0.4 is 4.72 Å². The van der Waals surface area contributed by atoms with Crippen LogP contribution in [0.25, 0.3) is 0 Å².